The van der Waals surface area contributed by atoms with Gasteiger partial charge >= 0.3 is 0 Å². The van der Waals surface area contributed by atoms with Crippen LogP contribution in [0, 0.1) is 0 Å². The second-order valence-electron chi connectivity index (χ2n) is 5.02. The number of hydrogen-bond acceptors (Lipinski definition) is 6. The van der Waals surface area contributed by atoms with E-state index in [0.29, 0.717) is 6.04 Å². The third kappa shape index (κ3) is 2.05. The minimum Gasteiger partial charge on any atom is -0.379 e. The van der Waals surface area contributed by atoms with Gasteiger partial charge in [0.05, 0.1) is 0 Å². The first-order valence-electron chi connectivity index (χ1n) is 6.37. The normalized spacial score (nSPS) is 28.0. The van der Waals surface area contributed by atoms with Crippen molar-refractivity contribution in [2.45, 2.75) is 37.8 Å². The SMILES string of the molecule is Nc1nonc1C(=O)NC1CCN2CCCC2C1. The van der Waals surface area contributed by atoms with Gasteiger partial charge < -0.3 is 16.0 Å². The number of aromatic nitrogens is 2. The van der Waals surface area contributed by atoms with Gasteiger partial charge in [0.2, 0.25) is 11.5 Å². The zero-order valence-electron chi connectivity index (χ0n) is 10.1. The van der Waals surface area contributed by atoms with Crippen LogP contribution in [0.25, 0.3) is 0 Å². The molecule has 2 aliphatic heterocycles. The summed E-state index contributed by atoms with van der Waals surface area (Å²) in [6, 6.07) is 0.824. The summed E-state index contributed by atoms with van der Waals surface area (Å²) in [6.45, 7) is 2.26. The van der Waals surface area contributed by atoms with Crippen molar-refractivity contribution in [1.29, 1.82) is 0 Å². The highest BCUT2D eigenvalue weighted by molar-refractivity contribution is 5.96. The average molecular weight is 251 g/mol. The van der Waals surface area contributed by atoms with E-state index in [2.05, 4.69) is 25.2 Å². The molecule has 2 atom stereocenters. The van der Waals surface area contributed by atoms with E-state index in [1.165, 1.54) is 19.4 Å². The minimum absolute atomic E-state index is 0.0470. The quantitative estimate of drug-likeness (QED) is 0.768. The van der Waals surface area contributed by atoms with Crippen LogP contribution in [-0.4, -0.2) is 46.3 Å². The highest BCUT2D eigenvalue weighted by Crippen LogP contribution is 2.26. The maximum absolute atomic E-state index is 11.9. The number of amides is 1. The molecular formula is C11H17N5O2. The molecule has 98 valence electrons. The maximum Gasteiger partial charge on any atom is 0.277 e. The Balaban J connectivity index is 1.60. The molecule has 3 rings (SSSR count). The number of carbonyl (C=O) groups is 1. The van der Waals surface area contributed by atoms with E-state index < -0.39 is 0 Å². The fourth-order valence-corrected chi connectivity index (χ4v) is 2.96. The summed E-state index contributed by atoms with van der Waals surface area (Å²) >= 11 is 0. The number of anilines is 1. The smallest absolute Gasteiger partial charge is 0.277 e. The van der Waals surface area contributed by atoms with Crippen molar-refractivity contribution in [2.75, 3.05) is 18.8 Å². The van der Waals surface area contributed by atoms with Crippen molar-refractivity contribution in [1.82, 2.24) is 20.5 Å². The number of nitrogens with zero attached hydrogens (tertiary/aromatic N) is 3. The van der Waals surface area contributed by atoms with Crippen LogP contribution in [0.2, 0.25) is 0 Å². The molecule has 2 fully saturated rings. The molecule has 0 aliphatic carbocycles. The molecule has 0 aromatic carbocycles. The summed E-state index contributed by atoms with van der Waals surface area (Å²) in [6.07, 6.45) is 4.50. The van der Waals surface area contributed by atoms with Gasteiger partial charge in [0.25, 0.3) is 5.91 Å². The fraction of sp³-hybridized carbons (Fsp3) is 0.727. The lowest BCUT2D eigenvalue weighted by Crippen LogP contribution is -2.47. The second kappa shape index (κ2) is 4.56. The molecule has 3 N–H and O–H groups in total. The Labute approximate surface area is 105 Å². The summed E-state index contributed by atoms with van der Waals surface area (Å²) in [5, 5.41) is 9.89. The number of hydrogen-bond donors (Lipinski definition) is 2. The van der Waals surface area contributed by atoms with Gasteiger partial charge in [-0.05, 0) is 42.5 Å². The molecule has 2 saturated heterocycles. The van der Waals surface area contributed by atoms with Crippen LogP contribution in [0.5, 0.6) is 0 Å². The molecule has 0 saturated carbocycles. The van der Waals surface area contributed by atoms with Gasteiger partial charge in [0, 0.05) is 18.6 Å². The maximum atomic E-state index is 11.9. The largest absolute Gasteiger partial charge is 0.379 e. The standard InChI is InChI=1S/C11H17N5O2/c12-10-9(14-18-15-10)11(17)13-7-3-5-16-4-1-2-8(16)6-7/h7-8H,1-6H2,(H2,12,15)(H,13,17). The summed E-state index contributed by atoms with van der Waals surface area (Å²) < 4.78 is 4.43. The molecule has 2 aliphatic rings. The van der Waals surface area contributed by atoms with Crippen LogP contribution in [0.15, 0.2) is 4.63 Å². The van der Waals surface area contributed by atoms with Crippen LogP contribution in [0.4, 0.5) is 5.82 Å². The van der Waals surface area contributed by atoms with Crippen molar-refractivity contribution in [2.24, 2.45) is 0 Å². The van der Waals surface area contributed by atoms with E-state index in [4.69, 9.17) is 5.73 Å². The third-order valence-corrected chi connectivity index (χ3v) is 3.88. The molecular weight excluding hydrogens is 234 g/mol. The summed E-state index contributed by atoms with van der Waals surface area (Å²) in [4.78, 5) is 14.4. The molecule has 7 nitrogen and oxygen atoms in total. The predicted octanol–water partition coefficient (Wildman–Crippen LogP) is 0.00840. The Bertz CT molecular complexity index is 446. The van der Waals surface area contributed by atoms with Crippen LogP contribution in [-0.2, 0) is 0 Å². The molecule has 2 unspecified atom stereocenters. The number of fused-ring (bicyclic) bond motifs is 1. The summed E-state index contributed by atoms with van der Waals surface area (Å²) in [7, 11) is 0. The Morgan fingerprint density at radius 3 is 3.06 bits per heavy atom. The number of nitrogens with one attached hydrogen (secondary N) is 1. The fourth-order valence-electron chi connectivity index (χ4n) is 2.96. The molecule has 0 bridgehead atoms. The molecule has 1 aromatic heterocycles. The van der Waals surface area contributed by atoms with Crippen LogP contribution in [0.1, 0.15) is 36.2 Å². The molecule has 0 spiro atoms. The van der Waals surface area contributed by atoms with Gasteiger partial charge in [-0.2, -0.15) is 0 Å². The van der Waals surface area contributed by atoms with E-state index in [1.54, 1.807) is 0 Å². The van der Waals surface area contributed by atoms with Gasteiger partial charge in [-0.1, -0.05) is 0 Å². The van der Waals surface area contributed by atoms with E-state index in [0.717, 1.165) is 19.4 Å². The predicted molar refractivity (Wildman–Crippen MR) is 63.8 cm³/mol. The van der Waals surface area contributed by atoms with Crippen LogP contribution >= 0.6 is 0 Å². The lowest BCUT2D eigenvalue weighted by atomic mass is 9.97. The van der Waals surface area contributed by atoms with E-state index in [-0.39, 0.29) is 23.5 Å². The number of carbonyl (C=O) groups excluding carboxylic acids is 1. The summed E-state index contributed by atoms with van der Waals surface area (Å²) in [5.41, 5.74) is 5.58. The highest BCUT2D eigenvalue weighted by atomic mass is 16.6. The Morgan fingerprint density at radius 2 is 2.28 bits per heavy atom. The minimum atomic E-state index is -0.287. The molecule has 18 heavy (non-hydrogen) atoms. The number of rotatable bonds is 2. The van der Waals surface area contributed by atoms with Gasteiger partial charge in [-0.15, -0.1) is 0 Å². The van der Waals surface area contributed by atoms with E-state index in [1.807, 2.05) is 0 Å². The van der Waals surface area contributed by atoms with Crippen LogP contribution < -0.4 is 11.1 Å². The molecule has 0 radical (unpaired) electrons. The van der Waals surface area contributed by atoms with Crippen LogP contribution in [0.3, 0.4) is 0 Å². The molecule has 7 heteroatoms. The summed E-state index contributed by atoms with van der Waals surface area (Å²) in [5.74, 6) is -0.240. The zero-order chi connectivity index (χ0) is 12.5. The number of nitrogen functional groups attached to an aromatic ring is 1. The molecule has 1 aromatic rings. The third-order valence-electron chi connectivity index (χ3n) is 3.88. The number of piperidine rings is 1. The van der Waals surface area contributed by atoms with Gasteiger partial charge in [0.15, 0.2) is 0 Å². The first-order valence-corrected chi connectivity index (χ1v) is 6.37. The van der Waals surface area contributed by atoms with E-state index >= 15 is 0 Å². The van der Waals surface area contributed by atoms with Crippen molar-refractivity contribution < 1.29 is 9.42 Å². The first kappa shape index (κ1) is 11.5. The van der Waals surface area contributed by atoms with Crippen molar-refractivity contribution in [3.05, 3.63) is 5.69 Å². The Hall–Kier alpha value is -1.63. The second-order valence-corrected chi connectivity index (χ2v) is 5.02. The van der Waals surface area contributed by atoms with Gasteiger partial charge in [0.1, 0.15) is 0 Å². The van der Waals surface area contributed by atoms with Gasteiger partial charge in [-0.3, -0.25) is 4.79 Å². The van der Waals surface area contributed by atoms with Crippen molar-refractivity contribution in [3.63, 3.8) is 0 Å². The monoisotopic (exact) mass is 251 g/mol. The lowest BCUT2D eigenvalue weighted by molar-refractivity contribution is 0.0887. The molecule has 3 heterocycles. The molecule has 1 amide bonds. The Morgan fingerprint density at radius 1 is 1.39 bits per heavy atom. The topological polar surface area (TPSA) is 97.3 Å². The number of nitrogens with two attached hydrogens (primary N) is 1. The lowest BCUT2D eigenvalue weighted by Gasteiger charge is -2.34. The van der Waals surface area contributed by atoms with Crippen molar-refractivity contribution >= 4 is 11.7 Å². The first-order chi connectivity index (χ1) is 8.74. The Kier molecular flexibility index (Phi) is 2.91. The average Bonchev–Trinajstić information content (AvgIpc) is 2.96. The van der Waals surface area contributed by atoms with E-state index in [9.17, 15) is 4.79 Å². The highest BCUT2D eigenvalue weighted by Gasteiger charge is 2.32. The zero-order valence-corrected chi connectivity index (χ0v) is 10.1. The van der Waals surface area contributed by atoms with Crippen molar-refractivity contribution in [3.8, 4) is 0 Å². The van der Waals surface area contributed by atoms with Gasteiger partial charge in [-0.25, -0.2) is 4.63 Å².